The molecule has 1 aromatic rings. The van der Waals surface area contributed by atoms with Gasteiger partial charge in [-0.2, -0.15) is 0 Å². The molecular weight excluding hydrogens is 262 g/mol. The van der Waals surface area contributed by atoms with Crippen LogP contribution >= 0.6 is 12.4 Å². The van der Waals surface area contributed by atoms with Crippen molar-refractivity contribution in [1.82, 2.24) is 25.0 Å². The van der Waals surface area contributed by atoms with Crippen LogP contribution in [0.2, 0.25) is 0 Å². The molecular formula is C13H24ClN5. The Hall–Kier alpha value is -0.650. The first-order chi connectivity index (χ1) is 8.84. The van der Waals surface area contributed by atoms with Crippen molar-refractivity contribution in [3.63, 3.8) is 0 Å². The van der Waals surface area contributed by atoms with E-state index in [2.05, 4.69) is 20.4 Å². The maximum absolute atomic E-state index is 4.25. The van der Waals surface area contributed by atoms with Gasteiger partial charge in [0.25, 0.3) is 0 Å². The average Bonchev–Trinajstić information content (AvgIpc) is 2.86. The van der Waals surface area contributed by atoms with E-state index in [9.17, 15) is 0 Å². The van der Waals surface area contributed by atoms with Gasteiger partial charge >= 0.3 is 0 Å². The summed E-state index contributed by atoms with van der Waals surface area (Å²) < 4.78 is 2.04. The highest BCUT2D eigenvalue weighted by Gasteiger charge is 2.29. The van der Waals surface area contributed by atoms with Crippen LogP contribution in [0.5, 0.6) is 0 Å². The van der Waals surface area contributed by atoms with Gasteiger partial charge in [-0.05, 0) is 45.3 Å². The Balaban J connectivity index is 0.00000133. The van der Waals surface area contributed by atoms with Crippen LogP contribution in [0.25, 0.3) is 0 Å². The number of piperidine rings is 2. The molecule has 1 N–H and O–H groups in total. The third-order valence-electron chi connectivity index (χ3n) is 4.34. The highest BCUT2D eigenvalue weighted by Crippen LogP contribution is 2.26. The number of hydrogen-bond acceptors (Lipinski definition) is 4. The van der Waals surface area contributed by atoms with Crippen molar-refractivity contribution in [2.75, 3.05) is 19.6 Å². The van der Waals surface area contributed by atoms with Crippen LogP contribution in [0.1, 0.15) is 44.0 Å². The standard InChI is InChI=1S/C13H23N5.ClH/c1-17-10-15-16-13(17)12-9-11(5-6-14-12)18-7-3-2-4-8-18;/h10-12,14H,2-9H2,1H3;1H. The molecule has 1 aromatic heterocycles. The molecule has 0 amide bonds. The Morgan fingerprint density at radius 3 is 2.74 bits per heavy atom. The molecule has 108 valence electrons. The van der Waals surface area contributed by atoms with E-state index in [1.807, 2.05) is 11.6 Å². The molecule has 0 aliphatic carbocycles. The molecule has 0 bridgehead atoms. The lowest BCUT2D eigenvalue weighted by molar-refractivity contribution is 0.118. The van der Waals surface area contributed by atoms with Crippen LogP contribution in [0, 0.1) is 0 Å². The van der Waals surface area contributed by atoms with Gasteiger partial charge in [-0.15, -0.1) is 22.6 Å². The number of nitrogens with zero attached hydrogens (tertiary/aromatic N) is 4. The molecule has 2 atom stereocenters. The zero-order valence-electron chi connectivity index (χ0n) is 11.6. The number of rotatable bonds is 2. The molecule has 19 heavy (non-hydrogen) atoms. The van der Waals surface area contributed by atoms with Crippen molar-refractivity contribution in [3.05, 3.63) is 12.2 Å². The van der Waals surface area contributed by atoms with Crippen molar-refractivity contribution in [2.45, 2.75) is 44.2 Å². The van der Waals surface area contributed by atoms with Gasteiger partial charge in [-0.25, -0.2) is 0 Å². The lowest BCUT2D eigenvalue weighted by atomic mass is 9.95. The maximum atomic E-state index is 4.25. The van der Waals surface area contributed by atoms with E-state index in [0.29, 0.717) is 6.04 Å². The summed E-state index contributed by atoms with van der Waals surface area (Å²) in [5.41, 5.74) is 0. The first-order valence-electron chi connectivity index (χ1n) is 7.16. The van der Waals surface area contributed by atoms with Crippen molar-refractivity contribution >= 4 is 12.4 Å². The molecule has 2 saturated heterocycles. The topological polar surface area (TPSA) is 46.0 Å². The number of likely N-dealkylation sites (tertiary alicyclic amines) is 1. The van der Waals surface area contributed by atoms with Gasteiger partial charge in [-0.3, -0.25) is 0 Å². The third-order valence-corrected chi connectivity index (χ3v) is 4.34. The fourth-order valence-corrected chi connectivity index (χ4v) is 3.32. The minimum atomic E-state index is 0. The van der Waals surface area contributed by atoms with Crippen LogP contribution in [0.4, 0.5) is 0 Å². The summed E-state index contributed by atoms with van der Waals surface area (Å²) in [6.45, 7) is 3.67. The number of halogens is 1. The molecule has 0 radical (unpaired) electrons. The van der Waals surface area contributed by atoms with Gasteiger partial charge in [0.1, 0.15) is 12.2 Å². The van der Waals surface area contributed by atoms with E-state index in [1.54, 1.807) is 6.33 Å². The van der Waals surface area contributed by atoms with Crippen molar-refractivity contribution in [1.29, 1.82) is 0 Å². The molecule has 5 nitrogen and oxygen atoms in total. The summed E-state index contributed by atoms with van der Waals surface area (Å²) in [4.78, 5) is 2.69. The quantitative estimate of drug-likeness (QED) is 0.895. The Labute approximate surface area is 121 Å². The summed E-state index contributed by atoms with van der Waals surface area (Å²) in [7, 11) is 2.03. The first-order valence-corrected chi connectivity index (χ1v) is 7.16. The second-order valence-electron chi connectivity index (χ2n) is 5.58. The lowest BCUT2D eigenvalue weighted by Gasteiger charge is -2.39. The Bertz CT molecular complexity index is 388. The molecule has 0 aromatic carbocycles. The van der Waals surface area contributed by atoms with E-state index >= 15 is 0 Å². The summed E-state index contributed by atoms with van der Waals surface area (Å²) >= 11 is 0. The minimum absolute atomic E-state index is 0. The normalized spacial score (nSPS) is 28.9. The average molecular weight is 286 g/mol. The Morgan fingerprint density at radius 2 is 2.05 bits per heavy atom. The van der Waals surface area contributed by atoms with Gasteiger partial charge in [0.15, 0.2) is 0 Å². The van der Waals surface area contributed by atoms with Gasteiger partial charge in [0.2, 0.25) is 0 Å². The second-order valence-corrected chi connectivity index (χ2v) is 5.58. The summed E-state index contributed by atoms with van der Waals surface area (Å²) in [6, 6.07) is 1.10. The van der Waals surface area contributed by atoms with E-state index in [0.717, 1.165) is 18.4 Å². The summed E-state index contributed by atoms with van der Waals surface area (Å²) in [6.07, 6.45) is 8.40. The second kappa shape index (κ2) is 6.68. The van der Waals surface area contributed by atoms with Crippen LogP contribution < -0.4 is 5.32 Å². The summed E-state index contributed by atoms with van der Waals surface area (Å²) in [5.74, 6) is 1.08. The molecule has 2 unspecified atom stereocenters. The van der Waals surface area contributed by atoms with Crippen LogP contribution in [0.15, 0.2) is 6.33 Å². The van der Waals surface area contributed by atoms with Crippen molar-refractivity contribution in [3.8, 4) is 0 Å². The molecule has 0 spiro atoms. The third kappa shape index (κ3) is 3.27. The monoisotopic (exact) mass is 285 g/mol. The predicted octanol–water partition coefficient (Wildman–Crippen LogP) is 1.52. The summed E-state index contributed by atoms with van der Waals surface area (Å²) in [5, 5.41) is 11.8. The molecule has 6 heteroatoms. The van der Waals surface area contributed by atoms with Crippen LogP contribution in [-0.2, 0) is 7.05 Å². The van der Waals surface area contributed by atoms with Crippen LogP contribution in [0.3, 0.4) is 0 Å². The van der Waals surface area contributed by atoms with E-state index in [1.165, 1.54) is 45.2 Å². The van der Waals surface area contributed by atoms with Crippen molar-refractivity contribution < 1.29 is 0 Å². The Morgan fingerprint density at radius 1 is 1.26 bits per heavy atom. The van der Waals surface area contributed by atoms with Crippen LogP contribution in [-0.4, -0.2) is 45.3 Å². The van der Waals surface area contributed by atoms with E-state index in [-0.39, 0.29) is 12.4 Å². The molecule has 3 heterocycles. The van der Waals surface area contributed by atoms with E-state index < -0.39 is 0 Å². The molecule has 3 rings (SSSR count). The lowest BCUT2D eigenvalue weighted by Crippen LogP contribution is -2.46. The number of hydrogen-bond donors (Lipinski definition) is 1. The number of nitrogens with one attached hydrogen (secondary N) is 1. The van der Waals surface area contributed by atoms with Gasteiger partial charge in [0, 0.05) is 13.1 Å². The SMILES string of the molecule is Cl.Cn1cnnc1C1CC(N2CCCCC2)CCN1. The van der Waals surface area contributed by atoms with Gasteiger partial charge in [-0.1, -0.05) is 6.42 Å². The largest absolute Gasteiger partial charge is 0.319 e. The first kappa shape index (κ1) is 14.8. The number of aromatic nitrogens is 3. The number of aryl methyl sites for hydroxylation is 1. The zero-order chi connectivity index (χ0) is 12.4. The molecule has 2 aliphatic heterocycles. The zero-order valence-corrected chi connectivity index (χ0v) is 12.4. The van der Waals surface area contributed by atoms with Crippen molar-refractivity contribution in [2.24, 2.45) is 7.05 Å². The smallest absolute Gasteiger partial charge is 0.149 e. The molecule has 2 fully saturated rings. The highest BCUT2D eigenvalue weighted by atomic mass is 35.5. The molecule has 2 aliphatic rings. The van der Waals surface area contributed by atoms with Gasteiger partial charge in [0.05, 0.1) is 6.04 Å². The maximum Gasteiger partial charge on any atom is 0.149 e. The highest BCUT2D eigenvalue weighted by molar-refractivity contribution is 5.85. The van der Waals surface area contributed by atoms with E-state index in [4.69, 9.17) is 0 Å². The molecule has 0 saturated carbocycles. The minimum Gasteiger partial charge on any atom is -0.319 e. The Kier molecular flexibility index (Phi) is 5.19. The fraction of sp³-hybridized carbons (Fsp3) is 0.846. The fourth-order valence-electron chi connectivity index (χ4n) is 3.32. The predicted molar refractivity (Wildman–Crippen MR) is 77.4 cm³/mol. The van der Waals surface area contributed by atoms with Gasteiger partial charge < -0.3 is 14.8 Å².